The summed E-state index contributed by atoms with van der Waals surface area (Å²) in [5.41, 5.74) is 2.83. The maximum Gasteiger partial charge on any atom is 0.257 e. The number of ether oxygens (including phenoxy) is 4. The molecule has 1 heterocycles. The first-order chi connectivity index (χ1) is 15.0. The lowest BCUT2D eigenvalue weighted by atomic mass is 10.1. The Labute approximate surface area is 185 Å². The zero-order chi connectivity index (χ0) is 22.4. The Morgan fingerprint density at radius 1 is 1.03 bits per heavy atom. The first-order valence-electron chi connectivity index (χ1n) is 9.39. The van der Waals surface area contributed by atoms with Crippen LogP contribution in [0.15, 0.2) is 48.4 Å². The van der Waals surface area contributed by atoms with Crippen molar-refractivity contribution >= 4 is 22.4 Å². The van der Waals surface area contributed by atoms with Gasteiger partial charge in [0, 0.05) is 22.1 Å². The number of anilines is 1. The van der Waals surface area contributed by atoms with E-state index in [2.05, 4.69) is 16.9 Å². The highest BCUT2D eigenvalue weighted by atomic mass is 32.1. The average Bonchev–Trinajstić information content (AvgIpc) is 3.26. The number of carbonyl (C=O) groups excluding carboxylic acids is 1. The van der Waals surface area contributed by atoms with E-state index in [-0.39, 0.29) is 5.91 Å². The number of allylic oxidation sites excluding steroid dienone is 1. The normalized spacial score (nSPS) is 10.3. The molecule has 31 heavy (non-hydrogen) atoms. The van der Waals surface area contributed by atoms with Gasteiger partial charge in [0.1, 0.15) is 0 Å². The van der Waals surface area contributed by atoms with Crippen LogP contribution in [0.4, 0.5) is 5.13 Å². The third kappa shape index (κ3) is 4.80. The van der Waals surface area contributed by atoms with Crippen molar-refractivity contribution in [3.05, 3.63) is 59.5 Å². The highest BCUT2D eigenvalue weighted by Gasteiger charge is 2.17. The molecule has 0 aliphatic heterocycles. The van der Waals surface area contributed by atoms with Crippen LogP contribution in [0.2, 0.25) is 0 Å². The van der Waals surface area contributed by atoms with Gasteiger partial charge in [-0.1, -0.05) is 6.08 Å². The van der Waals surface area contributed by atoms with Gasteiger partial charge < -0.3 is 18.9 Å². The Morgan fingerprint density at radius 3 is 2.42 bits per heavy atom. The molecule has 0 radical (unpaired) electrons. The molecule has 1 N–H and O–H groups in total. The lowest BCUT2D eigenvalue weighted by Crippen LogP contribution is -2.13. The van der Waals surface area contributed by atoms with Crippen LogP contribution in [0.1, 0.15) is 15.9 Å². The number of hydrogen-bond acceptors (Lipinski definition) is 7. The number of carbonyl (C=O) groups is 1. The predicted octanol–water partition coefficient (Wildman–Crippen LogP) is 4.83. The fraction of sp³-hybridized carbons (Fsp3) is 0.217. The van der Waals surface area contributed by atoms with E-state index in [9.17, 15) is 4.79 Å². The van der Waals surface area contributed by atoms with E-state index >= 15 is 0 Å². The summed E-state index contributed by atoms with van der Waals surface area (Å²) >= 11 is 1.34. The van der Waals surface area contributed by atoms with E-state index in [0.29, 0.717) is 40.1 Å². The molecular weight excluding hydrogens is 416 g/mol. The van der Waals surface area contributed by atoms with E-state index in [1.165, 1.54) is 18.4 Å². The first kappa shape index (κ1) is 22.2. The summed E-state index contributed by atoms with van der Waals surface area (Å²) in [6.45, 7) is 3.76. The number of hydrogen-bond donors (Lipinski definition) is 1. The molecule has 0 fully saturated rings. The highest BCUT2D eigenvalue weighted by Crippen LogP contribution is 2.35. The molecule has 1 aromatic heterocycles. The standard InChI is InChI=1S/C23H24N2O5S/c1-6-7-15-10-16(12-20(29-4)21(15)30-5)22(26)25-23-24-17(13-31-23)14-8-9-18(27-2)19(11-14)28-3/h6,8-13H,1,7H2,2-5H3,(H,24,25,26). The molecule has 0 aliphatic carbocycles. The Morgan fingerprint density at radius 2 is 1.77 bits per heavy atom. The number of methoxy groups -OCH3 is 4. The molecule has 0 saturated heterocycles. The minimum atomic E-state index is -0.292. The number of aromatic nitrogens is 1. The summed E-state index contributed by atoms with van der Waals surface area (Å²) in [4.78, 5) is 17.4. The highest BCUT2D eigenvalue weighted by molar-refractivity contribution is 7.14. The largest absolute Gasteiger partial charge is 0.493 e. The van der Waals surface area contributed by atoms with Crippen LogP contribution in [-0.2, 0) is 6.42 Å². The molecule has 8 heteroatoms. The van der Waals surface area contributed by atoms with Crippen molar-refractivity contribution in [1.82, 2.24) is 4.98 Å². The fourth-order valence-electron chi connectivity index (χ4n) is 3.11. The van der Waals surface area contributed by atoms with E-state index in [0.717, 1.165) is 16.8 Å². The van der Waals surface area contributed by atoms with Gasteiger partial charge in [-0.3, -0.25) is 10.1 Å². The summed E-state index contributed by atoms with van der Waals surface area (Å²) in [6.07, 6.45) is 2.29. The monoisotopic (exact) mass is 440 g/mol. The van der Waals surface area contributed by atoms with Crippen molar-refractivity contribution in [2.75, 3.05) is 33.8 Å². The summed E-state index contributed by atoms with van der Waals surface area (Å²) < 4.78 is 21.4. The van der Waals surface area contributed by atoms with Crippen molar-refractivity contribution in [2.24, 2.45) is 0 Å². The Hall–Kier alpha value is -3.52. The number of nitrogens with one attached hydrogen (secondary N) is 1. The van der Waals surface area contributed by atoms with E-state index in [4.69, 9.17) is 18.9 Å². The van der Waals surface area contributed by atoms with Crippen molar-refractivity contribution in [3.8, 4) is 34.3 Å². The molecule has 0 unspecified atom stereocenters. The lowest BCUT2D eigenvalue weighted by molar-refractivity contribution is 0.102. The van der Waals surface area contributed by atoms with Gasteiger partial charge in [0.15, 0.2) is 28.1 Å². The molecule has 3 rings (SSSR count). The molecule has 3 aromatic rings. The fourth-order valence-corrected chi connectivity index (χ4v) is 3.82. The Bertz CT molecular complexity index is 1090. The number of rotatable bonds is 9. The maximum absolute atomic E-state index is 12.9. The quantitative estimate of drug-likeness (QED) is 0.481. The van der Waals surface area contributed by atoms with Gasteiger partial charge >= 0.3 is 0 Å². The molecule has 162 valence electrons. The van der Waals surface area contributed by atoms with Crippen molar-refractivity contribution < 1.29 is 23.7 Å². The van der Waals surface area contributed by atoms with Gasteiger partial charge in [-0.25, -0.2) is 4.98 Å². The number of amides is 1. The topological polar surface area (TPSA) is 78.9 Å². The lowest BCUT2D eigenvalue weighted by Gasteiger charge is -2.14. The van der Waals surface area contributed by atoms with Gasteiger partial charge in [-0.15, -0.1) is 17.9 Å². The van der Waals surface area contributed by atoms with Gasteiger partial charge in [0.2, 0.25) is 0 Å². The van der Waals surface area contributed by atoms with E-state index < -0.39 is 0 Å². The van der Waals surface area contributed by atoms with Crippen LogP contribution < -0.4 is 24.3 Å². The summed E-state index contributed by atoms with van der Waals surface area (Å²) in [5.74, 6) is 2.03. The molecule has 1 amide bonds. The molecule has 0 aliphatic rings. The van der Waals surface area contributed by atoms with Gasteiger partial charge in [0.25, 0.3) is 5.91 Å². The number of thiazole rings is 1. The molecule has 0 saturated carbocycles. The second-order valence-electron chi connectivity index (χ2n) is 6.43. The zero-order valence-corrected chi connectivity index (χ0v) is 18.7. The second kappa shape index (κ2) is 9.99. The van der Waals surface area contributed by atoms with Crippen LogP contribution >= 0.6 is 11.3 Å². The van der Waals surface area contributed by atoms with Crippen LogP contribution in [0, 0.1) is 0 Å². The third-order valence-corrected chi connectivity index (χ3v) is 5.34. The smallest absolute Gasteiger partial charge is 0.257 e. The molecule has 2 aromatic carbocycles. The van der Waals surface area contributed by atoms with Crippen molar-refractivity contribution in [3.63, 3.8) is 0 Å². The second-order valence-corrected chi connectivity index (χ2v) is 7.28. The Balaban J connectivity index is 1.85. The molecular formula is C23H24N2O5S. The van der Waals surface area contributed by atoms with E-state index in [1.54, 1.807) is 39.5 Å². The molecule has 0 atom stereocenters. The minimum Gasteiger partial charge on any atom is -0.493 e. The summed E-state index contributed by atoms with van der Waals surface area (Å²) in [5, 5.41) is 5.20. The molecule has 0 spiro atoms. The van der Waals surface area contributed by atoms with Crippen molar-refractivity contribution in [2.45, 2.75) is 6.42 Å². The van der Waals surface area contributed by atoms with Crippen LogP contribution in [0.5, 0.6) is 23.0 Å². The first-order valence-corrected chi connectivity index (χ1v) is 10.3. The van der Waals surface area contributed by atoms with Crippen molar-refractivity contribution in [1.29, 1.82) is 0 Å². The van der Waals surface area contributed by atoms with Gasteiger partial charge in [0.05, 0.1) is 34.1 Å². The van der Waals surface area contributed by atoms with Crippen LogP contribution in [0.3, 0.4) is 0 Å². The van der Waals surface area contributed by atoms with Crippen LogP contribution in [-0.4, -0.2) is 39.3 Å². The maximum atomic E-state index is 12.9. The zero-order valence-electron chi connectivity index (χ0n) is 17.9. The van der Waals surface area contributed by atoms with E-state index in [1.807, 2.05) is 23.6 Å². The SMILES string of the molecule is C=CCc1cc(C(=O)Nc2nc(-c3ccc(OC)c(OC)c3)cs2)cc(OC)c1OC. The number of benzene rings is 2. The molecule has 0 bridgehead atoms. The van der Waals surface area contributed by atoms with Gasteiger partial charge in [-0.2, -0.15) is 0 Å². The average molecular weight is 441 g/mol. The number of nitrogens with zero attached hydrogens (tertiary/aromatic N) is 1. The molecule has 7 nitrogen and oxygen atoms in total. The third-order valence-electron chi connectivity index (χ3n) is 4.59. The van der Waals surface area contributed by atoms with Gasteiger partial charge in [-0.05, 0) is 36.8 Å². The Kier molecular flexibility index (Phi) is 7.15. The summed E-state index contributed by atoms with van der Waals surface area (Å²) in [7, 11) is 6.27. The minimum absolute atomic E-state index is 0.292. The summed E-state index contributed by atoms with van der Waals surface area (Å²) in [6, 6.07) is 8.95. The predicted molar refractivity (Wildman–Crippen MR) is 122 cm³/mol. The van der Waals surface area contributed by atoms with Crippen LogP contribution in [0.25, 0.3) is 11.3 Å².